The Balaban J connectivity index is 0.00000900. The van der Waals surface area contributed by atoms with Crippen LogP contribution in [-0.4, -0.2) is 11.6 Å². The predicted octanol–water partition coefficient (Wildman–Crippen LogP) is 9.40. The molecule has 0 saturated carbocycles. The molecular formula is C28H52BrNO. The first-order valence-corrected chi connectivity index (χ1v) is 13.0. The molecule has 3 heteroatoms. The van der Waals surface area contributed by atoms with Crippen LogP contribution in [0.3, 0.4) is 0 Å². The van der Waals surface area contributed by atoms with Gasteiger partial charge >= 0.3 is 0 Å². The lowest BCUT2D eigenvalue weighted by Gasteiger charge is -2.31. The standard InChI is InChI=1S/C28H51NO.BrH/c1-4-5-6-7-8-9-10-11-12-13-14-15-16-17-18-22-25-27(28(2,3)29)30-26-23-20-19-21-24-26;/h19-21,23-24,27H,4-18,22,25,29H2,1-3H3;1H. The van der Waals surface area contributed by atoms with Crippen molar-refractivity contribution in [2.75, 3.05) is 0 Å². The molecule has 0 radical (unpaired) electrons. The minimum absolute atomic E-state index is 0. The van der Waals surface area contributed by atoms with Crippen molar-refractivity contribution in [1.29, 1.82) is 0 Å². The van der Waals surface area contributed by atoms with Crippen LogP contribution in [0.4, 0.5) is 0 Å². The van der Waals surface area contributed by atoms with Gasteiger partial charge in [-0.2, -0.15) is 0 Å². The number of ether oxygens (including phenoxy) is 1. The van der Waals surface area contributed by atoms with Crippen molar-refractivity contribution in [3.63, 3.8) is 0 Å². The number of rotatable bonds is 20. The van der Waals surface area contributed by atoms with Crippen molar-refractivity contribution in [1.82, 2.24) is 0 Å². The van der Waals surface area contributed by atoms with E-state index in [2.05, 4.69) is 20.8 Å². The highest BCUT2D eigenvalue weighted by atomic mass is 79.9. The van der Waals surface area contributed by atoms with Crippen LogP contribution in [0.5, 0.6) is 5.75 Å². The van der Waals surface area contributed by atoms with Crippen LogP contribution in [0.1, 0.15) is 130 Å². The highest BCUT2D eigenvalue weighted by molar-refractivity contribution is 8.93. The van der Waals surface area contributed by atoms with Gasteiger partial charge in [0.25, 0.3) is 0 Å². The molecule has 0 fully saturated rings. The molecule has 0 aliphatic heterocycles. The Morgan fingerprint density at radius 2 is 1.06 bits per heavy atom. The summed E-state index contributed by atoms with van der Waals surface area (Å²) in [6, 6.07) is 10.1. The lowest BCUT2D eigenvalue weighted by Crippen LogP contribution is -2.48. The largest absolute Gasteiger partial charge is 0.489 e. The summed E-state index contributed by atoms with van der Waals surface area (Å²) < 4.78 is 6.18. The number of unbranched alkanes of at least 4 members (excludes halogenated alkanes) is 15. The Labute approximate surface area is 204 Å². The zero-order valence-corrected chi connectivity index (χ0v) is 22.6. The van der Waals surface area contributed by atoms with Gasteiger partial charge in [0.05, 0.1) is 0 Å². The zero-order valence-electron chi connectivity index (χ0n) is 20.9. The van der Waals surface area contributed by atoms with Gasteiger partial charge in [0.1, 0.15) is 11.9 Å². The third-order valence-corrected chi connectivity index (χ3v) is 6.17. The first kappa shape index (κ1) is 30.5. The van der Waals surface area contributed by atoms with E-state index in [1.165, 1.54) is 103 Å². The van der Waals surface area contributed by atoms with Crippen molar-refractivity contribution in [3.05, 3.63) is 30.3 Å². The summed E-state index contributed by atoms with van der Waals surface area (Å²) >= 11 is 0. The van der Waals surface area contributed by atoms with Gasteiger partial charge in [0.15, 0.2) is 0 Å². The van der Waals surface area contributed by atoms with Gasteiger partial charge in [-0.15, -0.1) is 17.0 Å². The van der Waals surface area contributed by atoms with Crippen molar-refractivity contribution in [2.45, 2.75) is 142 Å². The van der Waals surface area contributed by atoms with Crippen LogP contribution in [0, 0.1) is 0 Å². The summed E-state index contributed by atoms with van der Waals surface area (Å²) in [5, 5.41) is 0. The normalized spacial score (nSPS) is 12.4. The molecule has 0 bridgehead atoms. The second-order valence-corrected chi connectivity index (χ2v) is 9.83. The molecule has 1 rings (SSSR count). The number of hydrogen-bond acceptors (Lipinski definition) is 2. The Morgan fingerprint density at radius 3 is 1.45 bits per heavy atom. The summed E-state index contributed by atoms with van der Waals surface area (Å²) in [6.45, 7) is 6.44. The number of hydrogen-bond donors (Lipinski definition) is 1. The fourth-order valence-corrected chi connectivity index (χ4v) is 4.12. The number of benzene rings is 1. The average Bonchev–Trinajstić information content (AvgIpc) is 2.72. The van der Waals surface area contributed by atoms with Crippen molar-refractivity contribution in [3.8, 4) is 5.75 Å². The van der Waals surface area contributed by atoms with Gasteiger partial charge in [-0.1, -0.05) is 121 Å². The number of halogens is 1. The van der Waals surface area contributed by atoms with E-state index in [0.29, 0.717) is 0 Å². The maximum atomic E-state index is 6.37. The molecule has 1 unspecified atom stereocenters. The van der Waals surface area contributed by atoms with Gasteiger partial charge < -0.3 is 10.5 Å². The molecule has 2 nitrogen and oxygen atoms in total. The minimum atomic E-state index is -0.314. The van der Waals surface area contributed by atoms with E-state index >= 15 is 0 Å². The van der Waals surface area contributed by atoms with Crippen molar-refractivity contribution in [2.24, 2.45) is 5.73 Å². The first-order chi connectivity index (χ1) is 14.5. The molecule has 0 heterocycles. The van der Waals surface area contributed by atoms with Gasteiger partial charge in [-0.3, -0.25) is 0 Å². The fraction of sp³-hybridized carbons (Fsp3) is 0.786. The summed E-state index contributed by atoms with van der Waals surface area (Å²) in [7, 11) is 0. The Hall–Kier alpha value is -0.540. The molecule has 0 aromatic heterocycles. The maximum absolute atomic E-state index is 6.37. The molecule has 0 spiro atoms. The maximum Gasteiger partial charge on any atom is 0.119 e. The molecule has 0 saturated heterocycles. The van der Waals surface area contributed by atoms with E-state index < -0.39 is 0 Å². The second kappa shape index (κ2) is 20.1. The average molecular weight is 499 g/mol. The molecule has 31 heavy (non-hydrogen) atoms. The molecule has 1 aromatic carbocycles. The highest BCUT2D eigenvalue weighted by Gasteiger charge is 2.26. The van der Waals surface area contributed by atoms with Crippen molar-refractivity contribution >= 4 is 17.0 Å². The molecule has 0 aliphatic rings. The van der Waals surface area contributed by atoms with E-state index in [4.69, 9.17) is 10.5 Å². The smallest absolute Gasteiger partial charge is 0.119 e. The van der Waals surface area contributed by atoms with E-state index in [-0.39, 0.29) is 28.6 Å². The quantitative estimate of drug-likeness (QED) is 0.182. The molecule has 182 valence electrons. The first-order valence-electron chi connectivity index (χ1n) is 13.0. The highest BCUT2D eigenvalue weighted by Crippen LogP contribution is 2.22. The van der Waals surface area contributed by atoms with Gasteiger partial charge in [0, 0.05) is 5.54 Å². The second-order valence-electron chi connectivity index (χ2n) is 9.83. The molecule has 1 aromatic rings. The topological polar surface area (TPSA) is 35.2 Å². The Morgan fingerprint density at radius 1 is 0.677 bits per heavy atom. The van der Waals surface area contributed by atoms with Gasteiger partial charge in [-0.25, -0.2) is 0 Å². The third kappa shape index (κ3) is 17.7. The van der Waals surface area contributed by atoms with E-state index in [1.807, 2.05) is 30.3 Å². The van der Waals surface area contributed by atoms with Crippen LogP contribution in [0.2, 0.25) is 0 Å². The molecule has 1 atom stereocenters. The number of para-hydroxylation sites is 1. The lowest BCUT2D eigenvalue weighted by atomic mass is 9.93. The monoisotopic (exact) mass is 497 g/mol. The van der Waals surface area contributed by atoms with Crippen molar-refractivity contribution < 1.29 is 4.74 Å². The lowest BCUT2D eigenvalue weighted by molar-refractivity contribution is 0.117. The molecule has 0 amide bonds. The van der Waals surface area contributed by atoms with E-state index in [1.54, 1.807) is 0 Å². The predicted molar refractivity (Wildman–Crippen MR) is 144 cm³/mol. The molecule has 0 aliphatic carbocycles. The fourth-order valence-electron chi connectivity index (χ4n) is 4.12. The molecule has 2 N–H and O–H groups in total. The van der Waals surface area contributed by atoms with E-state index in [0.717, 1.165) is 12.2 Å². The zero-order chi connectivity index (χ0) is 21.9. The summed E-state index contributed by atoms with van der Waals surface area (Å²) in [5.74, 6) is 0.928. The Bertz CT molecular complexity index is 486. The summed E-state index contributed by atoms with van der Waals surface area (Å²) in [4.78, 5) is 0. The minimum Gasteiger partial charge on any atom is -0.489 e. The summed E-state index contributed by atoms with van der Waals surface area (Å²) in [5.41, 5.74) is 6.05. The molecular weight excluding hydrogens is 446 g/mol. The Kier molecular flexibility index (Phi) is 19.7. The van der Waals surface area contributed by atoms with Crippen LogP contribution in [-0.2, 0) is 0 Å². The van der Waals surface area contributed by atoms with E-state index in [9.17, 15) is 0 Å². The van der Waals surface area contributed by atoms with Gasteiger partial charge in [0.2, 0.25) is 0 Å². The summed E-state index contributed by atoms with van der Waals surface area (Å²) in [6.07, 6.45) is 23.5. The van der Waals surface area contributed by atoms with Crippen LogP contribution in [0.15, 0.2) is 30.3 Å². The number of nitrogens with two attached hydrogens (primary N) is 1. The third-order valence-electron chi connectivity index (χ3n) is 6.17. The van der Waals surface area contributed by atoms with Crippen LogP contribution >= 0.6 is 17.0 Å². The van der Waals surface area contributed by atoms with Crippen LogP contribution in [0.25, 0.3) is 0 Å². The van der Waals surface area contributed by atoms with Gasteiger partial charge in [-0.05, 0) is 38.8 Å². The van der Waals surface area contributed by atoms with Crippen LogP contribution < -0.4 is 10.5 Å². The SMILES string of the molecule is Br.CCCCCCCCCCCCCCCCCCC(Oc1ccccc1)C(C)(C)N.